The fourth-order valence-corrected chi connectivity index (χ4v) is 3.34. The molecule has 0 aliphatic carbocycles. The molecule has 0 saturated carbocycles. The van der Waals surface area contributed by atoms with Gasteiger partial charge in [-0.25, -0.2) is 0 Å². The number of aryl methyl sites for hydroxylation is 1. The molecule has 0 saturated heterocycles. The minimum atomic E-state index is 0.0424. The van der Waals surface area contributed by atoms with E-state index in [1.54, 1.807) is 24.5 Å². The molecule has 0 bridgehead atoms. The molecular formula is C19H18N4O. The highest BCUT2D eigenvalue weighted by Crippen LogP contribution is 2.33. The molecule has 24 heavy (non-hydrogen) atoms. The normalized spacial score (nSPS) is 16.7. The third-order valence-electron chi connectivity index (χ3n) is 4.54. The first-order valence-electron chi connectivity index (χ1n) is 7.98. The lowest BCUT2D eigenvalue weighted by atomic mass is 9.86. The molecule has 1 aliphatic rings. The van der Waals surface area contributed by atoms with Gasteiger partial charge in [-0.1, -0.05) is 24.3 Å². The highest BCUT2D eigenvalue weighted by atomic mass is 16.2. The molecule has 5 nitrogen and oxygen atoms in total. The van der Waals surface area contributed by atoms with E-state index in [0.717, 1.165) is 5.56 Å². The Morgan fingerprint density at radius 2 is 1.96 bits per heavy atom. The molecule has 1 atom stereocenters. The summed E-state index contributed by atoms with van der Waals surface area (Å²) in [6.45, 7) is 1.29. The first-order chi connectivity index (χ1) is 11.7. The summed E-state index contributed by atoms with van der Waals surface area (Å²) in [5, 5.41) is 4.30. The molecule has 0 fully saturated rings. The maximum Gasteiger partial charge on any atom is 0.254 e. The summed E-state index contributed by atoms with van der Waals surface area (Å²) < 4.78 is 1.81. The molecule has 120 valence electrons. The minimum Gasteiger partial charge on any atom is -0.333 e. The van der Waals surface area contributed by atoms with Crippen LogP contribution in [-0.4, -0.2) is 32.1 Å². The van der Waals surface area contributed by atoms with Gasteiger partial charge in [0.1, 0.15) is 0 Å². The summed E-state index contributed by atoms with van der Waals surface area (Å²) in [5.74, 6) is 0.190. The van der Waals surface area contributed by atoms with Crippen molar-refractivity contribution in [2.75, 3.05) is 6.54 Å². The molecular weight excluding hydrogens is 300 g/mol. The molecule has 1 amide bonds. The Kier molecular flexibility index (Phi) is 3.61. The highest BCUT2D eigenvalue weighted by Gasteiger charge is 2.30. The first kappa shape index (κ1) is 14.6. The second-order valence-corrected chi connectivity index (χ2v) is 6.12. The van der Waals surface area contributed by atoms with Crippen LogP contribution in [0, 0.1) is 0 Å². The summed E-state index contributed by atoms with van der Waals surface area (Å²) in [7, 11) is 1.91. The number of benzene rings is 1. The van der Waals surface area contributed by atoms with E-state index in [0.29, 0.717) is 18.7 Å². The Morgan fingerprint density at radius 3 is 2.71 bits per heavy atom. The Bertz CT molecular complexity index is 872. The van der Waals surface area contributed by atoms with E-state index in [2.05, 4.69) is 28.3 Å². The van der Waals surface area contributed by atoms with Gasteiger partial charge in [0.2, 0.25) is 0 Å². The van der Waals surface area contributed by atoms with Gasteiger partial charge in [0.15, 0.2) is 0 Å². The quantitative estimate of drug-likeness (QED) is 0.730. The van der Waals surface area contributed by atoms with Crippen molar-refractivity contribution < 1.29 is 4.79 Å². The van der Waals surface area contributed by atoms with Crippen LogP contribution in [0.2, 0.25) is 0 Å². The summed E-state index contributed by atoms with van der Waals surface area (Å²) >= 11 is 0. The van der Waals surface area contributed by atoms with E-state index in [1.165, 1.54) is 11.1 Å². The third kappa shape index (κ3) is 2.58. The lowest BCUT2D eigenvalue weighted by Crippen LogP contribution is -2.38. The molecule has 2 aromatic heterocycles. The zero-order valence-electron chi connectivity index (χ0n) is 13.5. The lowest BCUT2D eigenvalue weighted by molar-refractivity contribution is 0.0725. The minimum absolute atomic E-state index is 0.0424. The molecule has 0 N–H and O–H groups in total. The van der Waals surface area contributed by atoms with Gasteiger partial charge in [0.25, 0.3) is 5.91 Å². The van der Waals surface area contributed by atoms with Gasteiger partial charge in [-0.2, -0.15) is 5.10 Å². The topological polar surface area (TPSA) is 51.0 Å². The molecule has 3 heterocycles. The monoisotopic (exact) mass is 318 g/mol. The largest absolute Gasteiger partial charge is 0.333 e. The number of nitrogens with zero attached hydrogens (tertiary/aromatic N) is 4. The Hall–Kier alpha value is -2.95. The molecule has 1 unspecified atom stereocenters. The zero-order chi connectivity index (χ0) is 16.5. The van der Waals surface area contributed by atoms with Gasteiger partial charge in [-0.3, -0.25) is 14.5 Å². The molecule has 3 aromatic rings. The number of hydrogen-bond acceptors (Lipinski definition) is 3. The number of rotatable bonds is 2. The predicted molar refractivity (Wildman–Crippen MR) is 90.5 cm³/mol. The van der Waals surface area contributed by atoms with E-state index in [4.69, 9.17) is 0 Å². The standard InChI is InChI=1S/C19H18N4O/c1-22-11-16(10-21-22)18-13-23(12-15-4-2-3-5-17(15)18)19(24)14-6-8-20-9-7-14/h2-11,18H,12-13H2,1H3. The van der Waals surface area contributed by atoms with Crippen LogP contribution >= 0.6 is 0 Å². The molecule has 5 heteroatoms. The average Bonchev–Trinajstić information content (AvgIpc) is 3.07. The van der Waals surface area contributed by atoms with Crippen LogP contribution < -0.4 is 0 Å². The van der Waals surface area contributed by atoms with Gasteiger partial charge >= 0.3 is 0 Å². The van der Waals surface area contributed by atoms with Crippen LogP contribution in [0.4, 0.5) is 0 Å². The maximum absolute atomic E-state index is 12.9. The van der Waals surface area contributed by atoms with Crippen molar-refractivity contribution in [2.24, 2.45) is 7.05 Å². The second kappa shape index (κ2) is 5.92. The number of hydrogen-bond donors (Lipinski definition) is 0. The molecule has 0 radical (unpaired) electrons. The Morgan fingerprint density at radius 1 is 1.17 bits per heavy atom. The maximum atomic E-state index is 12.9. The summed E-state index contributed by atoms with van der Waals surface area (Å²) in [5.41, 5.74) is 4.29. The summed E-state index contributed by atoms with van der Waals surface area (Å²) in [6.07, 6.45) is 7.23. The predicted octanol–water partition coefficient (Wildman–Crippen LogP) is 2.60. The van der Waals surface area contributed by atoms with Gasteiger partial charge in [-0.15, -0.1) is 0 Å². The van der Waals surface area contributed by atoms with Crippen molar-refractivity contribution in [1.29, 1.82) is 0 Å². The van der Waals surface area contributed by atoms with E-state index in [1.807, 2.05) is 35.1 Å². The Balaban J connectivity index is 1.71. The van der Waals surface area contributed by atoms with Crippen molar-refractivity contribution in [3.63, 3.8) is 0 Å². The van der Waals surface area contributed by atoms with E-state index in [9.17, 15) is 4.79 Å². The van der Waals surface area contributed by atoms with E-state index in [-0.39, 0.29) is 11.8 Å². The van der Waals surface area contributed by atoms with Gasteiger partial charge in [0, 0.05) is 50.2 Å². The number of aromatic nitrogens is 3. The average molecular weight is 318 g/mol. The first-order valence-corrected chi connectivity index (χ1v) is 7.98. The van der Waals surface area contributed by atoms with Crippen molar-refractivity contribution in [1.82, 2.24) is 19.7 Å². The number of carbonyl (C=O) groups excluding carboxylic acids is 1. The fraction of sp³-hybridized carbons (Fsp3) is 0.211. The van der Waals surface area contributed by atoms with Crippen LogP contribution in [0.15, 0.2) is 61.2 Å². The van der Waals surface area contributed by atoms with Gasteiger partial charge < -0.3 is 4.90 Å². The number of amides is 1. The molecule has 4 rings (SSSR count). The van der Waals surface area contributed by atoms with Crippen molar-refractivity contribution >= 4 is 5.91 Å². The lowest BCUT2D eigenvalue weighted by Gasteiger charge is -2.34. The second-order valence-electron chi connectivity index (χ2n) is 6.12. The number of fused-ring (bicyclic) bond motifs is 1. The van der Waals surface area contributed by atoms with Gasteiger partial charge in [0.05, 0.1) is 6.20 Å². The van der Waals surface area contributed by atoms with Crippen molar-refractivity contribution in [3.8, 4) is 0 Å². The number of carbonyl (C=O) groups is 1. The molecule has 0 spiro atoms. The smallest absolute Gasteiger partial charge is 0.254 e. The Labute approximate surface area is 140 Å². The van der Waals surface area contributed by atoms with Crippen molar-refractivity contribution in [2.45, 2.75) is 12.5 Å². The van der Waals surface area contributed by atoms with Gasteiger partial charge in [-0.05, 0) is 28.8 Å². The molecule has 1 aliphatic heterocycles. The summed E-state index contributed by atoms with van der Waals surface area (Å²) in [6, 6.07) is 11.9. The van der Waals surface area contributed by atoms with Crippen LogP contribution in [0.1, 0.15) is 33.0 Å². The van der Waals surface area contributed by atoms with Crippen molar-refractivity contribution in [3.05, 3.63) is 83.4 Å². The van der Waals surface area contributed by atoms with E-state index < -0.39 is 0 Å². The van der Waals surface area contributed by atoms with Crippen LogP contribution in [0.3, 0.4) is 0 Å². The SMILES string of the molecule is Cn1cc(C2CN(C(=O)c3ccncc3)Cc3ccccc32)cn1. The summed E-state index contributed by atoms with van der Waals surface area (Å²) in [4.78, 5) is 18.8. The van der Waals surface area contributed by atoms with Crippen LogP contribution in [-0.2, 0) is 13.6 Å². The van der Waals surface area contributed by atoms with E-state index >= 15 is 0 Å². The third-order valence-corrected chi connectivity index (χ3v) is 4.54. The zero-order valence-corrected chi connectivity index (χ0v) is 13.5. The highest BCUT2D eigenvalue weighted by molar-refractivity contribution is 5.94. The van der Waals surface area contributed by atoms with Crippen LogP contribution in [0.5, 0.6) is 0 Å². The molecule has 1 aromatic carbocycles. The van der Waals surface area contributed by atoms with Crippen LogP contribution in [0.25, 0.3) is 0 Å². The number of pyridine rings is 1. The fourth-order valence-electron chi connectivity index (χ4n) is 3.34.